The van der Waals surface area contributed by atoms with Crippen LogP contribution < -0.4 is 4.80 Å². The van der Waals surface area contributed by atoms with Gasteiger partial charge >= 0.3 is 0 Å². The summed E-state index contributed by atoms with van der Waals surface area (Å²) in [5, 5.41) is 17.1. The van der Waals surface area contributed by atoms with Crippen LogP contribution in [0.5, 0.6) is 5.75 Å². The average molecular weight is 378 g/mol. The third kappa shape index (κ3) is 3.53. The molecule has 0 aliphatic heterocycles. The van der Waals surface area contributed by atoms with Crippen molar-refractivity contribution >= 4 is 40.8 Å². The van der Waals surface area contributed by atoms with Crippen molar-refractivity contribution in [3.8, 4) is 17.0 Å². The third-order valence-electron chi connectivity index (χ3n) is 3.28. The predicted molar refractivity (Wildman–Crippen MR) is 100 cm³/mol. The van der Waals surface area contributed by atoms with Crippen LogP contribution in [0.25, 0.3) is 11.3 Å². The molecule has 1 aromatic heterocycles. The molecule has 0 atom stereocenters. The Kier molecular flexibility index (Phi) is 5.04. The summed E-state index contributed by atoms with van der Waals surface area (Å²) in [6, 6.07) is 12.2. The van der Waals surface area contributed by atoms with Gasteiger partial charge in [-0.1, -0.05) is 35.3 Å². The second-order valence-electron chi connectivity index (χ2n) is 4.90. The van der Waals surface area contributed by atoms with Gasteiger partial charge in [0.15, 0.2) is 0 Å². The largest absolute Gasteiger partial charge is 0.508 e. The van der Waals surface area contributed by atoms with Gasteiger partial charge in [-0.3, -0.25) is 4.99 Å². The molecule has 0 saturated heterocycles. The summed E-state index contributed by atoms with van der Waals surface area (Å²) in [5.41, 5.74) is 2.42. The van der Waals surface area contributed by atoms with Crippen LogP contribution in [0.3, 0.4) is 0 Å². The zero-order chi connectivity index (χ0) is 17.1. The van der Waals surface area contributed by atoms with E-state index in [0.717, 1.165) is 21.6 Å². The summed E-state index contributed by atoms with van der Waals surface area (Å²) >= 11 is 13.8. The molecule has 1 heterocycles. The Labute approximate surface area is 153 Å². The van der Waals surface area contributed by atoms with E-state index in [1.165, 1.54) is 11.3 Å². The summed E-state index contributed by atoms with van der Waals surface area (Å²) in [7, 11) is 1.71. The van der Waals surface area contributed by atoms with E-state index in [2.05, 4.69) is 10.1 Å². The monoisotopic (exact) mass is 377 g/mol. The van der Waals surface area contributed by atoms with Gasteiger partial charge in [0.1, 0.15) is 5.75 Å². The first-order valence-corrected chi connectivity index (χ1v) is 8.64. The van der Waals surface area contributed by atoms with Crippen molar-refractivity contribution in [2.24, 2.45) is 10.1 Å². The Bertz CT molecular complexity index is 976. The molecule has 0 saturated carbocycles. The Hall–Kier alpha value is -2.08. The highest BCUT2D eigenvalue weighted by molar-refractivity contribution is 7.07. The lowest BCUT2D eigenvalue weighted by molar-refractivity contribution is 0.475. The molecule has 0 fully saturated rings. The van der Waals surface area contributed by atoms with Gasteiger partial charge in [-0.2, -0.15) is 5.10 Å². The maximum Gasteiger partial charge on any atom is 0.205 e. The molecule has 0 aliphatic carbocycles. The van der Waals surface area contributed by atoms with Crippen molar-refractivity contribution in [2.75, 3.05) is 7.05 Å². The standard InChI is InChI=1S/C17H13Cl2N3OS/c1-20-17-22(21-9-11-3-2-4-13(23)7-11)16(10-24-17)14-6-5-12(18)8-15(14)19/h2-10,23H,1H3. The fourth-order valence-corrected chi connectivity index (χ4v) is 3.47. The number of aromatic nitrogens is 1. The molecular formula is C17H13Cl2N3OS. The van der Waals surface area contributed by atoms with Gasteiger partial charge in [0.25, 0.3) is 0 Å². The number of benzene rings is 2. The Morgan fingerprint density at radius 2 is 2.00 bits per heavy atom. The first-order valence-electron chi connectivity index (χ1n) is 7.00. The highest BCUT2D eigenvalue weighted by Crippen LogP contribution is 2.30. The van der Waals surface area contributed by atoms with Crippen molar-refractivity contribution in [1.29, 1.82) is 0 Å². The molecule has 0 unspecified atom stereocenters. The fraction of sp³-hybridized carbons (Fsp3) is 0.0588. The topological polar surface area (TPSA) is 49.9 Å². The number of phenols is 1. The van der Waals surface area contributed by atoms with Gasteiger partial charge < -0.3 is 5.11 Å². The van der Waals surface area contributed by atoms with E-state index in [9.17, 15) is 5.11 Å². The molecule has 24 heavy (non-hydrogen) atoms. The van der Waals surface area contributed by atoms with Crippen LogP contribution in [0.1, 0.15) is 5.56 Å². The molecular weight excluding hydrogens is 365 g/mol. The normalized spacial score (nSPS) is 12.2. The molecule has 2 aromatic carbocycles. The minimum Gasteiger partial charge on any atom is -0.508 e. The van der Waals surface area contributed by atoms with Gasteiger partial charge in [-0.15, -0.1) is 11.3 Å². The summed E-state index contributed by atoms with van der Waals surface area (Å²) in [6.07, 6.45) is 1.66. The van der Waals surface area contributed by atoms with Crippen molar-refractivity contribution < 1.29 is 5.11 Å². The zero-order valence-corrected chi connectivity index (χ0v) is 15.0. The number of phenolic OH excluding ortho intramolecular Hbond substituents is 1. The smallest absolute Gasteiger partial charge is 0.205 e. The minimum atomic E-state index is 0.190. The molecule has 0 spiro atoms. The summed E-state index contributed by atoms with van der Waals surface area (Å²) in [5.74, 6) is 0.190. The number of hydrogen-bond acceptors (Lipinski definition) is 4. The van der Waals surface area contributed by atoms with E-state index in [1.54, 1.807) is 48.3 Å². The number of thiazole rings is 1. The highest BCUT2D eigenvalue weighted by Gasteiger charge is 2.11. The number of aromatic hydroxyl groups is 1. The van der Waals surface area contributed by atoms with Crippen molar-refractivity contribution in [3.05, 3.63) is 68.3 Å². The van der Waals surface area contributed by atoms with E-state index in [0.29, 0.717) is 10.0 Å². The van der Waals surface area contributed by atoms with Crippen LogP contribution >= 0.6 is 34.5 Å². The minimum absolute atomic E-state index is 0.190. The van der Waals surface area contributed by atoms with E-state index < -0.39 is 0 Å². The zero-order valence-electron chi connectivity index (χ0n) is 12.6. The second-order valence-corrected chi connectivity index (χ2v) is 6.58. The van der Waals surface area contributed by atoms with Crippen LogP contribution in [0, 0.1) is 0 Å². The Morgan fingerprint density at radius 3 is 2.71 bits per heavy atom. The van der Waals surface area contributed by atoms with Crippen LogP contribution in [0.4, 0.5) is 0 Å². The first-order chi connectivity index (χ1) is 11.6. The number of halogens is 2. The lowest BCUT2D eigenvalue weighted by Crippen LogP contribution is -2.11. The molecule has 122 valence electrons. The van der Waals surface area contributed by atoms with Gasteiger partial charge in [-0.05, 0) is 35.9 Å². The Balaban J connectivity index is 2.09. The van der Waals surface area contributed by atoms with E-state index in [-0.39, 0.29) is 5.75 Å². The van der Waals surface area contributed by atoms with Crippen LogP contribution in [-0.2, 0) is 0 Å². The van der Waals surface area contributed by atoms with Gasteiger partial charge in [0, 0.05) is 23.0 Å². The average Bonchev–Trinajstić information content (AvgIpc) is 2.95. The molecule has 3 aromatic rings. The van der Waals surface area contributed by atoms with E-state index in [4.69, 9.17) is 23.2 Å². The van der Waals surface area contributed by atoms with Crippen LogP contribution in [0.15, 0.2) is 57.9 Å². The summed E-state index contributed by atoms with van der Waals surface area (Å²) in [6.45, 7) is 0. The van der Waals surface area contributed by atoms with Crippen molar-refractivity contribution in [1.82, 2.24) is 4.68 Å². The quantitative estimate of drug-likeness (QED) is 0.663. The van der Waals surface area contributed by atoms with Crippen LogP contribution in [0.2, 0.25) is 10.0 Å². The molecule has 1 N–H and O–H groups in total. The molecule has 0 bridgehead atoms. The molecule has 7 heteroatoms. The number of nitrogens with zero attached hydrogens (tertiary/aromatic N) is 3. The second kappa shape index (κ2) is 7.21. The van der Waals surface area contributed by atoms with Gasteiger partial charge in [-0.25, -0.2) is 4.68 Å². The maximum absolute atomic E-state index is 9.55. The number of rotatable bonds is 3. The van der Waals surface area contributed by atoms with Gasteiger partial charge in [0.05, 0.1) is 16.9 Å². The first kappa shape index (κ1) is 16.8. The molecule has 0 aliphatic rings. The van der Waals surface area contributed by atoms with Crippen LogP contribution in [-0.4, -0.2) is 23.0 Å². The molecule has 0 amide bonds. The molecule has 4 nitrogen and oxygen atoms in total. The maximum atomic E-state index is 9.55. The SMILES string of the molecule is CN=c1scc(-c2ccc(Cl)cc2Cl)n1N=Cc1cccc(O)c1. The number of hydrogen-bond donors (Lipinski definition) is 1. The fourth-order valence-electron chi connectivity index (χ4n) is 2.17. The lowest BCUT2D eigenvalue weighted by Gasteiger charge is -2.06. The lowest BCUT2D eigenvalue weighted by atomic mass is 10.2. The summed E-state index contributed by atoms with van der Waals surface area (Å²) in [4.78, 5) is 4.97. The summed E-state index contributed by atoms with van der Waals surface area (Å²) < 4.78 is 1.71. The van der Waals surface area contributed by atoms with E-state index >= 15 is 0 Å². The molecule has 0 radical (unpaired) electrons. The predicted octanol–water partition coefficient (Wildman–Crippen LogP) is 4.64. The van der Waals surface area contributed by atoms with E-state index in [1.807, 2.05) is 17.5 Å². The Morgan fingerprint density at radius 1 is 1.17 bits per heavy atom. The highest BCUT2D eigenvalue weighted by atomic mass is 35.5. The molecule has 3 rings (SSSR count). The van der Waals surface area contributed by atoms with Crippen molar-refractivity contribution in [2.45, 2.75) is 0 Å². The third-order valence-corrected chi connectivity index (χ3v) is 4.73. The van der Waals surface area contributed by atoms with Gasteiger partial charge in [0.2, 0.25) is 4.80 Å². The van der Waals surface area contributed by atoms with Crippen molar-refractivity contribution in [3.63, 3.8) is 0 Å².